The summed E-state index contributed by atoms with van der Waals surface area (Å²) >= 11 is 0. The second-order valence-corrected chi connectivity index (χ2v) is 5.09. The van der Waals surface area contributed by atoms with Gasteiger partial charge in [-0.05, 0) is 32.2 Å². The number of rotatable bonds is 6. The number of aromatic nitrogens is 2. The van der Waals surface area contributed by atoms with Gasteiger partial charge in [0.1, 0.15) is 0 Å². The molecule has 1 aromatic heterocycles. The van der Waals surface area contributed by atoms with Gasteiger partial charge in [0.05, 0.1) is 6.33 Å². The molecule has 2 heterocycles. The quantitative estimate of drug-likeness (QED) is 0.783. The topological polar surface area (TPSA) is 29.9 Å². The van der Waals surface area contributed by atoms with Gasteiger partial charge >= 0.3 is 0 Å². The molecule has 0 aromatic carbocycles. The van der Waals surface area contributed by atoms with Crippen molar-refractivity contribution in [3.63, 3.8) is 0 Å². The predicted octanol–water partition coefficient (Wildman–Crippen LogP) is 3.10. The molecule has 3 nitrogen and oxygen atoms in total. The highest BCUT2D eigenvalue weighted by Gasteiger charge is 2.12. The molecule has 0 atom stereocenters. The van der Waals surface area contributed by atoms with Gasteiger partial charge in [0.15, 0.2) is 0 Å². The molecule has 0 spiro atoms. The normalized spacial score (nSPS) is 16.1. The van der Waals surface area contributed by atoms with Crippen LogP contribution in [0.2, 0.25) is 0 Å². The van der Waals surface area contributed by atoms with Crippen molar-refractivity contribution in [3.8, 4) is 0 Å². The lowest BCUT2D eigenvalue weighted by Crippen LogP contribution is -2.21. The summed E-state index contributed by atoms with van der Waals surface area (Å²) in [7, 11) is 0. The van der Waals surface area contributed by atoms with Gasteiger partial charge in [-0.15, -0.1) is 0 Å². The van der Waals surface area contributed by atoms with Crippen LogP contribution in [0.4, 0.5) is 0 Å². The van der Waals surface area contributed by atoms with Gasteiger partial charge < -0.3 is 9.88 Å². The number of nitrogens with one attached hydrogen (secondary N) is 1. The monoisotopic (exact) mass is 247 g/mol. The molecule has 0 aliphatic carbocycles. The van der Waals surface area contributed by atoms with Gasteiger partial charge in [-0.1, -0.05) is 25.5 Å². The fraction of sp³-hybridized carbons (Fsp3) is 0.667. The molecule has 1 aliphatic heterocycles. The van der Waals surface area contributed by atoms with Crippen LogP contribution in [0.25, 0.3) is 0 Å². The Hall–Kier alpha value is -1.09. The summed E-state index contributed by atoms with van der Waals surface area (Å²) in [5.41, 5.74) is 3.01. The summed E-state index contributed by atoms with van der Waals surface area (Å²) in [4.78, 5) is 4.33. The fourth-order valence-corrected chi connectivity index (χ4v) is 2.73. The van der Waals surface area contributed by atoms with E-state index in [9.17, 15) is 0 Å². The zero-order chi connectivity index (χ0) is 12.8. The Morgan fingerprint density at radius 2 is 2.22 bits per heavy atom. The number of aryl methyl sites for hydroxylation is 1. The summed E-state index contributed by atoms with van der Waals surface area (Å²) in [6.07, 6.45) is 11.2. The van der Waals surface area contributed by atoms with Crippen molar-refractivity contribution in [1.29, 1.82) is 0 Å². The third-order valence-corrected chi connectivity index (χ3v) is 3.98. The minimum atomic E-state index is 0.662. The molecular weight excluding hydrogens is 222 g/mol. The third kappa shape index (κ3) is 3.22. The molecule has 0 unspecified atom stereocenters. The highest BCUT2D eigenvalue weighted by atomic mass is 15.0. The summed E-state index contributed by atoms with van der Waals surface area (Å²) in [6.45, 7) is 7.78. The molecule has 100 valence electrons. The number of hydrogen-bond donors (Lipinski definition) is 1. The minimum absolute atomic E-state index is 0.662. The van der Waals surface area contributed by atoms with E-state index in [1.54, 1.807) is 5.57 Å². The highest BCUT2D eigenvalue weighted by Crippen LogP contribution is 2.23. The van der Waals surface area contributed by atoms with Crippen LogP contribution in [0, 0.1) is 0 Å². The largest absolute Gasteiger partial charge is 0.334 e. The Morgan fingerprint density at radius 1 is 1.39 bits per heavy atom. The lowest BCUT2D eigenvalue weighted by atomic mass is 9.99. The first-order valence-corrected chi connectivity index (χ1v) is 7.23. The van der Waals surface area contributed by atoms with E-state index in [4.69, 9.17) is 0 Å². The van der Waals surface area contributed by atoms with Crippen LogP contribution >= 0.6 is 0 Å². The van der Waals surface area contributed by atoms with Crippen molar-refractivity contribution in [2.45, 2.75) is 52.0 Å². The molecule has 1 aromatic rings. The smallest absolute Gasteiger partial charge is 0.0948 e. The van der Waals surface area contributed by atoms with Crippen LogP contribution in [0.15, 0.2) is 24.2 Å². The van der Waals surface area contributed by atoms with Crippen LogP contribution in [0.5, 0.6) is 0 Å². The Bertz CT molecular complexity index is 388. The lowest BCUT2D eigenvalue weighted by molar-refractivity contribution is 0.553. The summed E-state index contributed by atoms with van der Waals surface area (Å²) < 4.78 is 2.35. The molecule has 18 heavy (non-hydrogen) atoms. The van der Waals surface area contributed by atoms with Crippen molar-refractivity contribution < 1.29 is 0 Å². The van der Waals surface area contributed by atoms with E-state index in [2.05, 4.69) is 41.0 Å². The van der Waals surface area contributed by atoms with E-state index in [0.29, 0.717) is 5.92 Å². The molecule has 0 saturated heterocycles. The van der Waals surface area contributed by atoms with Crippen molar-refractivity contribution in [1.82, 2.24) is 14.9 Å². The Morgan fingerprint density at radius 3 is 2.89 bits per heavy atom. The Kier molecular flexibility index (Phi) is 5.00. The second kappa shape index (κ2) is 6.74. The van der Waals surface area contributed by atoms with Crippen LogP contribution in [-0.2, 0) is 6.54 Å². The first kappa shape index (κ1) is 13.3. The third-order valence-electron chi connectivity index (χ3n) is 3.98. The fourth-order valence-electron chi connectivity index (χ4n) is 2.73. The number of hydrogen-bond acceptors (Lipinski definition) is 2. The SMILES string of the molecule is CCC(CC)c1cncn1CCC1=CCNCC1. The molecular formula is C15H25N3. The summed E-state index contributed by atoms with van der Waals surface area (Å²) in [6, 6.07) is 0. The van der Waals surface area contributed by atoms with E-state index in [1.165, 1.54) is 31.4 Å². The van der Waals surface area contributed by atoms with Crippen molar-refractivity contribution >= 4 is 0 Å². The average Bonchev–Trinajstić information content (AvgIpc) is 2.88. The van der Waals surface area contributed by atoms with E-state index in [-0.39, 0.29) is 0 Å². The maximum atomic E-state index is 4.33. The Balaban J connectivity index is 1.96. The molecule has 0 saturated carbocycles. The zero-order valence-electron chi connectivity index (χ0n) is 11.7. The van der Waals surface area contributed by atoms with Gasteiger partial charge in [0, 0.05) is 30.9 Å². The van der Waals surface area contributed by atoms with Crippen LogP contribution < -0.4 is 5.32 Å². The minimum Gasteiger partial charge on any atom is -0.334 e. The molecule has 0 radical (unpaired) electrons. The first-order chi connectivity index (χ1) is 8.85. The van der Waals surface area contributed by atoms with E-state index in [1.807, 2.05) is 6.33 Å². The van der Waals surface area contributed by atoms with Gasteiger partial charge in [-0.25, -0.2) is 4.98 Å². The van der Waals surface area contributed by atoms with Crippen molar-refractivity contribution in [2.75, 3.05) is 13.1 Å². The average molecular weight is 247 g/mol. The maximum Gasteiger partial charge on any atom is 0.0948 e. The van der Waals surface area contributed by atoms with Crippen LogP contribution in [0.3, 0.4) is 0 Å². The second-order valence-electron chi connectivity index (χ2n) is 5.09. The van der Waals surface area contributed by atoms with Gasteiger partial charge in [-0.2, -0.15) is 0 Å². The molecule has 3 heteroatoms. The van der Waals surface area contributed by atoms with Crippen molar-refractivity contribution in [2.24, 2.45) is 0 Å². The molecule has 0 fully saturated rings. The molecule has 2 rings (SSSR count). The van der Waals surface area contributed by atoms with Gasteiger partial charge in [-0.3, -0.25) is 0 Å². The number of nitrogens with zero attached hydrogens (tertiary/aromatic N) is 2. The summed E-state index contributed by atoms with van der Waals surface area (Å²) in [5, 5.41) is 3.36. The van der Waals surface area contributed by atoms with Crippen LogP contribution in [-0.4, -0.2) is 22.6 Å². The Labute approximate surface area is 110 Å². The van der Waals surface area contributed by atoms with Crippen molar-refractivity contribution in [3.05, 3.63) is 29.9 Å². The lowest BCUT2D eigenvalue weighted by Gasteiger charge is -2.18. The van der Waals surface area contributed by atoms with Crippen LogP contribution in [0.1, 0.15) is 51.1 Å². The van der Waals surface area contributed by atoms with E-state index >= 15 is 0 Å². The molecule has 0 amide bonds. The maximum absolute atomic E-state index is 4.33. The molecule has 1 aliphatic rings. The predicted molar refractivity (Wildman–Crippen MR) is 75.7 cm³/mol. The zero-order valence-corrected chi connectivity index (χ0v) is 11.7. The standard InChI is InChI=1S/C15H25N3/c1-3-14(4-2)15-11-17-12-18(15)10-7-13-5-8-16-9-6-13/h5,11-12,14,16H,3-4,6-10H2,1-2H3. The first-order valence-electron chi connectivity index (χ1n) is 7.23. The summed E-state index contributed by atoms with van der Waals surface area (Å²) in [5.74, 6) is 0.662. The number of imidazole rings is 1. The van der Waals surface area contributed by atoms with Gasteiger partial charge in [0.2, 0.25) is 0 Å². The molecule has 0 bridgehead atoms. The highest BCUT2D eigenvalue weighted by molar-refractivity contribution is 5.09. The van der Waals surface area contributed by atoms with E-state index in [0.717, 1.165) is 19.6 Å². The van der Waals surface area contributed by atoms with Gasteiger partial charge in [0.25, 0.3) is 0 Å². The molecule has 1 N–H and O–H groups in total. The van der Waals surface area contributed by atoms with E-state index < -0.39 is 0 Å².